The highest BCUT2D eigenvalue weighted by atomic mass is 35.5. The summed E-state index contributed by atoms with van der Waals surface area (Å²) in [5, 5.41) is 10.8. The van der Waals surface area contributed by atoms with Crippen LogP contribution in [0.25, 0.3) is 0 Å². The van der Waals surface area contributed by atoms with Gasteiger partial charge in [0.05, 0.1) is 11.1 Å². The van der Waals surface area contributed by atoms with Crippen molar-refractivity contribution in [2.24, 2.45) is 0 Å². The smallest absolute Gasteiger partial charge is 0.130 e. The first kappa shape index (κ1) is 14.7. The Labute approximate surface area is 125 Å². The third kappa shape index (κ3) is 3.42. The Kier molecular flexibility index (Phi) is 4.74. The molecule has 1 nitrogen and oxygen atoms in total. The standard InChI is InChI=1S/C14H11Cl2FOS/c1-8(18)14-11(17)3-2-4-12(14)19-13-7-9(15)5-6-10(13)16/h2-8,18H,1H3/t8-/m1/s1. The Morgan fingerprint density at radius 1 is 1.16 bits per heavy atom. The van der Waals surface area contributed by atoms with Gasteiger partial charge in [-0.2, -0.15) is 0 Å². The maximum Gasteiger partial charge on any atom is 0.130 e. The number of rotatable bonds is 3. The molecular formula is C14H11Cl2FOS. The minimum Gasteiger partial charge on any atom is -0.389 e. The minimum atomic E-state index is -0.887. The molecule has 1 atom stereocenters. The van der Waals surface area contributed by atoms with Gasteiger partial charge in [-0.1, -0.05) is 41.0 Å². The molecule has 0 heterocycles. The van der Waals surface area contributed by atoms with Crippen molar-refractivity contribution in [1.29, 1.82) is 0 Å². The number of halogens is 3. The highest BCUT2D eigenvalue weighted by Crippen LogP contribution is 2.39. The predicted molar refractivity (Wildman–Crippen MR) is 77.6 cm³/mol. The summed E-state index contributed by atoms with van der Waals surface area (Å²) in [6.45, 7) is 1.53. The Balaban J connectivity index is 2.44. The quantitative estimate of drug-likeness (QED) is 0.825. The summed E-state index contributed by atoms with van der Waals surface area (Å²) in [6.07, 6.45) is -0.887. The van der Waals surface area contributed by atoms with E-state index in [1.165, 1.54) is 24.8 Å². The average Bonchev–Trinajstić information content (AvgIpc) is 2.33. The topological polar surface area (TPSA) is 20.2 Å². The third-order valence-corrected chi connectivity index (χ3v) is 4.35. The maximum atomic E-state index is 13.8. The van der Waals surface area contributed by atoms with Crippen molar-refractivity contribution in [1.82, 2.24) is 0 Å². The van der Waals surface area contributed by atoms with Crippen molar-refractivity contribution in [3.63, 3.8) is 0 Å². The fourth-order valence-electron chi connectivity index (χ4n) is 1.69. The maximum absolute atomic E-state index is 13.8. The van der Waals surface area contributed by atoms with Crippen LogP contribution in [-0.2, 0) is 0 Å². The zero-order valence-corrected chi connectivity index (χ0v) is 12.4. The van der Waals surface area contributed by atoms with Crippen molar-refractivity contribution < 1.29 is 9.50 Å². The van der Waals surface area contributed by atoms with Crippen molar-refractivity contribution in [3.05, 3.63) is 57.8 Å². The van der Waals surface area contributed by atoms with Gasteiger partial charge < -0.3 is 5.11 Å². The van der Waals surface area contributed by atoms with Gasteiger partial charge in [-0.05, 0) is 37.3 Å². The predicted octanol–water partition coefficient (Wildman–Crippen LogP) is 5.34. The van der Waals surface area contributed by atoms with E-state index in [4.69, 9.17) is 23.2 Å². The van der Waals surface area contributed by atoms with Gasteiger partial charge in [-0.25, -0.2) is 4.39 Å². The van der Waals surface area contributed by atoms with E-state index >= 15 is 0 Å². The molecule has 0 aromatic heterocycles. The van der Waals surface area contributed by atoms with Crippen molar-refractivity contribution in [2.75, 3.05) is 0 Å². The van der Waals surface area contributed by atoms with Crippen LogP contribution in [0, 0.1) is 5.82 Å². The van der Waals surface area contributed by atoms with Gasteiger partial charge >= 0.3 is 0 Å². The van der Waals surface area contributed by atoms with Gasteiger partial charge in [0, 0.05) is 20.4 Å². The molecule has 0 aliphatic rings. The highest BCUT2D eigenvalue weighted by Gasteiger charge is 2.15. The second-order valence-electron chi connectivity index (χ2n) is 4.00. The Hall–Kier alpha value is -0.740. The summed E-state index contributed by atoms with van der Waals surface area (Å²) < 4.78 is 13.8. The molecule has 2 aromatic carbocycles. The summed E-state index contributed by atoms with van der Waals surface area (Å²) in [6, 6.07) is 9.76. The second-order valence-corrected chi connectivity index (χ2v) is 5.93. The summed E-state index contributed by atoms with van der Waals surface area (Å²) in [5.74, 6) is -0.432. The lowest BCUT2D eigenvalue weighted by Crippen LogP contribution is -1.98. The molecule has 0 aliphatic carbocycles. The molecular weight excluding hydrogens is 306 g/mol. The first-order valence-electron chi connectivity index (χ1n) is 5.58. The Morgan fingerprint density at radius 3 is 2.58 bits per heavy atom. The minimum absolute atomic E-state index is 0.267. The molecule has 0 amide bonds. The van der Waals surface area contributed by atoms with Crippen molar-refractivity contribution >= 4 is 35.0 Å². The van der Waals surface area contributed by atoms with E-state index in [1.807, 2.05) is 0 Å². The number of benzene rings is 2. The van der Waals surface area contributed by atoms with Crippen LogP contribution in [0.3, 0.4) is 0 Å². The average molecular weight is 317 g/mol. The van der Waals surface area contributed by atoms with Gasteiger partial charge in [0.25, 0.3) is 0 Å². The summed E-state index contributed by atoms with van der Waals surface area (Å²) in [5.41, 5.74) is 0.267. The lowest BCUT2D eigenvalue weighted by molar-refractivity contribution is 0.191. The zero-order valence-electron chi connectivity index (χ0n) is 10.0. The SMILES string of the molecule is C[C@@H](O)c1c(F)cccc1Sc1cc(Cl)ccc1Cl. The van der Waals surface area contributed by atoms with Crippen LogP contribution in [0.4, 0.5) is 4.39 Å². The van der Waals surface area contributed by atoms with Crippen molar-refractivity contribution in [3.8, 4) is 0 Å². The van der Waals surface area contributed by atoms with E-state index in [1.54, 1.807) is 30.3 Å². The first-order valence-corrected chi connectivity index (χ1v) is 7.15. The van der Waals surface area contributed by atoms with Crippen molar-refractivity contribution in [2.45, 2.75) is 22.8 Å². The Bertz CT molecular complexity index is 602. The van der Waals surface area contributed by atoms with Crippen LogP contribution in [0.15, 0.2) is 46.2 Å². The van der Waals surface area contributed by atoms with E-state index in [0.717, 1.165) is 4.90 Å². The number of hydrogen-bond acceptors (Lipinski definition) is 2. The van der Waals surface area contributed by atoms with E-state index in [0.29, 0.717) is 14.9 Å². The first-order chi connectivity index (χ1) is 8.99. The molecule has 0 saturated heterocycles. The van der Waals surface area contributed by atoms with Crippen LogP contribution in [0.2, 0.25) is 10.0 Å². The van der Waals surface area contributed by atoms with E-state index in [-0.39, 0.29) is 5.56 Å². The lowest BCUT2D eigenvalue weighted by atomic mass is 10.1. The molecule has 0 spiro atoms. The summed E-state index contributed by atoms with van der Waals surface area (Å²) in [7, 11) is 0. The normalized spacial score (nSPS) is 12.5. The van der Waals surface area contributed by atoms with Crippen LogP contribution in [-0.4, -0.2) is 5.11 Å². The molecule has 0 bridgehead atoms. The van der Waals surface area contributed by atoms with Gasteiger partial charge in [0.2, 0.25) is 0 Å². The van der Waals surface area contributed by atoms with E-state index in [2.05, 4.69) is 0 Å². The largest absolute Gasteiger partial charge is 0.389 e. The molecule has 1 N–H and O–H groups in total. The van der Waals surface area contributed by atoms with E-state index < -0.39 is 11.9 Å². The monoisotopic (exact) mass is 316 g/mol. The molecule has 0 fully saturated rings. The highest BCUT2D eigenvalue weighted by molar-refractivity contribution is 7.99. The fraction of sp³-hybridized carbons (Fsp3) is 0.143. The summed E-state index contributed by atoms with van der Waals surface area (Å²) in [4.78, 5) is 1.35. The van der Waals surface area contributed by atoms with Gasteiger partial charge in [0.15, 0.2) is 0 Å². The molecule has 2 aromatic rings. The molecule has 100 valence electrons. The van der Waals surface area contributed by atoms with Gasteiger partial charge in [-0.3, -0.25) is 0 Å². The van der Waals surface area contributed by atoms with Crippen LogP contribution < -0.4 is 0 Å². The number of aliphatic hydroxyl groups excluding tert-OH is 1. The van der Waals surface area contributed by atoms with Crippen LogP contribution >= 0.6 is 35.0 Å². The molecule has 0 radical (unpaired) electrons. The second kappa shape index (κ2) is 6.14. The number of hydrogen-bond donors (Lipinski definition) is 1. The third-order valence-electron chi connectivity index (χ3n) is 2.54. The van der Waals surface area contributed by atoms with Gasteiger partial charge in [0.1, 0.15) is 5.82 Å². The molecule has 0 aliphatic heterocycles. The molecule has 19 heavy (non-hydrogen) atoms. The lowest BCUT2D eigenvalue weighted by Gasteiger charge is -2.13. The van der Waals surface area contributed by atoms with Gasteiger partial charge in [-0.15, -0.1) is 0 Å². The number of aliphatic hydroxyl groups is 1. The summed E-state index contributed by atoms with van der Waals surface area (Å²) >= 11 is 13.3. The molecule has 0 saturated carbocycles. The van der Waals surface area contributed by atoms with Crippen LogP contribution in [0.5, 0.6) is 0 Å². The molecule has 0 unspecified atom stereocenters. The fourth-order valence-corrected chi connectivity index (χ4v) is 3.27. The molecule has 2 rings (SSSR count). The van der Waals surface area contributed by atoms with E-state index in [9.17, 15) is 9.50 Å². The molecule has 5 heteroatoms. The van der Waals surface area contributed by atoms with Crippen LogP contribution in [0.1, 0.15) is 18.6 Å². The Morgan fingerprint density at radius 2 is 1.89 bits per heavy atom. The zero-order chi connectivity index (χ0) is 14.0.